The van der Waals surface area contributed by atoms with Crippen LogP contribution in [0.3, 0.4) is 0 Å². The summed E-state index contributed by atoms with van der Waals surface area (Å²) in [4.78, 5) is 2.16. The van der Waals surface area contributed by atoms with Crippen molar-refractivity contribution < 1.29 is 24.1 Å². The highest BCUT2D eigenvalue weighted by Gasteiger charge is 2.47. The summed E-state index contributed by atoms with van der Waals surface area (Å²) in [7, 11) is 3.29. The van der Waals surface area contributed by atoms with Crippen LogP contribution in [-0.4, -0.2) is 56.2 Å². The Hall–Kier alpha value is -3.45. The van der Waals surface area contributed by atoms with Crippen molar-refractivity contribution in [1.29, 1.82) is 5.26 Å². The van der Waals surface area contributed by atoms with Gasteiger partial charge in [0.1, 0.15) is 18.4 Å². The number of phenols is 1. The second-order valence-corrected chi connectivity index (χ2v) is 9.68. The van der Waals surface area contributed by atoms with Crippen LogP contribution >= 0.6 is 0 Å². The van der Waals surface area contributed by atoms with Crippen LogP contribution in [0.2, 0.25) is 0 Å². The average Bonchev–Trinajstić information content (AvgIpc) is 3.34. The summed E-state index contributed by atoms with van der Waals surface area (Å²) in [5.41, 5.74) is 11.6. The van der Waals surface area contributed by atoms with Crippen LogP contribution in [0.4, 0.5) is 0 Å². The molecule has 37 heavy (non-hydrogen) atoms. The second-order valence-electron chi connectivity index (χ2n) is 9.68. The Morgan fingerprint density at radius 1 is 1.27 bits per heavy atom. The zero-order valence-corrected chi connectivity index (χ0v) is 21.7. The highest BCUT2D eigenvalue weighted by molar-refractivity contribution is 5.66. The Morgan fingerprint density at radius 2 is 2.03 bits per heavy atom. The van der Waals surface area contributed by atoms with E-state index < -0.39 is 12.1 Å². The number of rotatable bonds is 6. The summed E-state index contributed by atoms with van der Waals surface area (Å²) in [6, 6.07) is 2.98. The third-order valence-corrected chi connectivity index (χ3v) is 7.83. The maximum Gasteiger partial charge on any atom is 0.231 e. The van der Waals surface area contributed by atoms with E-state index in [0.717, 1.165) is 33.6 Å². The summed E-state index contributed by atoms with van der Waals surface area (Å²) in [6.07, 6.45) is 2.64. The fraction of sp³-hybridized carbons (Fsp3) is 0.464. The van der Waals surface area contributed by atoms with Gasteiger partial charge in [-0.05, 0) is 37.0 Å². The molecule has 0 radical (unpaired) electrons. The summed E-state index contributed by atoms with van der Waals surface area (Å²) < 4.78 is 23.6. The number of hydrogen-bond donors (Lipinski definition) is 2. The largest absolute Gasteiger partial charge is 0.657 e. The van der Waals surface area contributed by atoms with E-state index in [2.05, 4.69) is 17.5 Å². The minimum absolute atomic E-state index is 0.0757. The minimum Gasteiger partial charge on any atom is -0.657 e. The molecule has 9 nitrogen and oxygen atoms in total. The smallest absolute Gasteiger partial charge is 0.231 e. The van der Waals surface area contributed by atoms with Gasteiger partial charge in [-0.3, -0.25) is 4.90 Å². The molecule has 0 fully saturated rings. The molecule has 2 aromatic rings. The van der Waals surface area contributed by atoms with Crippen molar-refractivity contribution >= 4 is 0 Å². The lowest BCUT2D eigenvalue weighted by molar-refractivity contribution is 0.0826. The number of phenolic OH excluding ortho intramolecular Hbond substituents is 1. The van der Waals surface area contributed by atoms with Crippen LogP contribution in [0.5, 0.6) is 28.7 Å². The van der Waals surface area contributed by atoms with Gasteiger partial charge in [0.05, 0.1) is 19.2 Å². The van der Waals surface area contributed by atoms with Gasteiger partial charge in [-0.15, -0.1) is 0 Å². The van der Waals surface area contributed by atoms with E-state index >= 15 is 0 Å². The number of ether oxygens (including phenoxy) is 4. The summed E-state index contributed by atoms with van der Waals surface area (Å²) >= 11 is 0. The van der Waals surface area contributed by atoms with Crippen molar-refractivity contribution in [2.45, 2.75) is 50.9 Å². The molecule has 3 aliphatic heterocycles. The summed E-state index contributed by atoms with van der Waals surface area (Å²) in [5.74, 6) is 2.53. The van der Waals surface area contributed by atoms with Gasteiger partial charge in [0, 0.05) is 35.7 Å². The zero-order valence-electron chi connectivity index (χ0n) is 21.7. The van der Waals surface area contributed by atoms with Crippen LogP contribution < -0.4 is 24.7 Å². The normalized spacial score (nSPS) is 23.8. The molecule has 4 atom stereocenters. The Bertz CT molecular complexity index is 1290. The standard InChI is InChI=1S/C28H33N4O5/c1-6-7-35-26-15(3)27-28(37-13-36-27)22-18(26)10-19-23(31-4)21-16(8-14(2)25(34-5)24(21)33)9-17(11-29)32(19)20(22)12-30/h6,8,17,19-20,23,33H,1,7,9-10,12-13,30H2,2-5H3/q-1/t17-,19?,20+,23+/m1/s1. The van der Waals surface area contributed by atoms with Crippen molar-refractivity contribution in [2.24, 2.45) is 5.73 Å². The van der Waals surface area contributed by atoms with Gasteiger partial charge >= 0.3 is 0 Å². The number of likely N-dealkylation sites (N-methyl/N-ethyl adjacent to an activating group) is 1. The molecule has 0 spiro atoms. The van der Waals surface area contributed by atoms with Gasteiger partial charge in [0.15, 0.2) is 23.0 Å². The fourth-order valence-electron chi connectivity index (χ4n) is 6.44. The SMILES string of the molecule is C=CCOc1c(C)c2c(c3c1CC1[C@H]([N-]C)c4c(cc(C)c(OC)c4O)C[C@H](C#N)N1[C@H]3CN)OCO2. The molecule has 0 amide bonds. The molecule has 9 heteroatoms. The van der Waals surface area contributed by atoms with Gasteiger partial charge in [-0.25, -0.2) is 0 Å². The van der Waals surface area contributed by atoms with Crippen LogP contribution in [0.15, 0.2) is 18.7 Å². The Kier molecular flexibility index (Phi) is 6.67. The monoisotopic (exact) mass is 505 g/mol. The number of methoxy groups -OCH3 is 1. The number of nitrogens with two attached hydrogens (primary N) is 1. The first-order valence-electron chi connectivity index (χ1n) is 12.5. The first-order chi connectivity index (χ1) is 17.9. The molecular formula is C28H33N4O5-. The van der Waals surface area contributed by atoms with Crippen LogP contribution in [-0.2, 0) is 12.8 Å². The van der Waals surface area contributed by atoms with Crippen LogP contribution in [0.1, 0.15) is 45.5 Å². The van der Waals surface area contributed by atoms with Crippen molar-refractivity contribution in [2.75, 3.05) is 34.1 Å². The van der Waals surface area contributed by atoms with Crippen molar-refractivity contribution in [3.8, 4) is 34.8 Å². The molecule has 0 saturated heterocycles. The van der Waals surface area contributed by atoms with E-state index in [4.69, 9.17) is 30.0 Å². The predicted molar refractivity (Wildman–Crippen MR) is 139 cm³/mol. The molecule has 3 heterocycles. The van der Waals surface area contributed by atoms with E-state index in [1.54, 1.807) is 20.2 Å². The van der Waals surface area contributed by atoms with Crippen molar-refractivity contribution in [1.82, 2.24) is 4.90 Å². The van der Waals surface area contributed by atoms with Gasteiger partial charge in [0.2, 0.25) is 6.79 Å². The number of aryl methyl sites for hydroxylation is 1. The Labute approximate surface area is 217 Å². The van der Waals surface area contributed by atoms with E-state index in [1.807, 2.05) is 19.9 Å². The van der Waals surface area contributed by atoms with Gasteiger partial charge in [-0.2, -0.15) is 12.3 Å². The van der Waals surface area contributed by atoms with Crippen LogP contribution in [0, 0.1) is 25.2 Å². The topological polar surface area (TPSA) is 124 Å². The van der Waals surface area contributed by atoms with Crippen LogP contribution in [0.25, 0.3) is 5.32 Å². The minimum atomic E-state index is -0.499. The van der Waals surface area contributed by atoms with Gasteiger partial charge < -0.3 is 35.1 Å². The quantitative estimate of drug-likeness (QED) is 0.569. The second kappa shape index (κ2) is 9.78. The van der Waals surface area contributed by atoms with E-state index in [0.29, 0.717) is 42.3 Å². The third kappa shape index (κ3) is 3.71. The predicted octanol–water partition coefficient (Wildman–Crippen LogP) is 3.73. The zero-order chi connectivity index (χ0) is 26.4. The Balaban J connectivity index is 1.77. The molecule has 0 aliphatic carbocycles. The lowest BCUT2D eigenvalue weighted by Crippen LogP contribution is -2.52. The number of nitrogens with zero attached hydrogens (tertiary/aromatic N) is 3. The average molecular weight is 506 g/mol. The number of hydrogen-bond acceptors (Lipinski definition) is 8. The molecule has 196 valence electrons. The number of aromatic hydroxyl groups is 1. The highest BCUT2D eigenvalue weighted by atomic mass is 16.7. The van der Waals surface area contributed by atoms with Gasteiger partial charge in [0.25, 0.3) is 0 Å². The van der Waals surface area contributed by atoms with E-state index in [9.17, 15) is 10.4 Å². The lowest BCUT2D eigenvalue weighted by atomic mass is 9.80. The molecular weight excluding hydrogens is 472 g/mol. The number of nitriles is 1. The van der Waals surface area contributed by atoms with Crippen molar-refractivity contribution in [3.63, 3.8) is 0 Å². The van der Waals surface area contributed by atoms with E-state index in [-0.39, 0.29) is 31.2 Å². The lowest BCUT2D eigenvalue weighted by Gasteiger charge is -2.50. The molecule has 0 aromatic heterocycles. The molecule has 0 bridgehead atoms. The first kappa shape index (κ1) is 25.2. The number of benzene rings is 2. The third-order valence-electron chi connectivity index (χ3n) is 7.83. The molecule has 3 N–H and O–H groups in total. The Morgan fingerprint density at radius 3 is 2.68 bits per heavy atom. The molecule has 1 unspecified atom stereocenters. The molecule has 0 saturated carbocycles. The maximum atomic E-state index is 11.4. The highest BCUT2D eigenvalue weighted by Crippen LogP contribution is 2.56. The molecule has 3 aliphatic rings. The summed E-state index contributed by atoms with van der Waals surface area (Å²) in [5, 5.41) is 26.6. The first-order valence-corrected chi connectivity index (χ1v) is 12.5. The maximum absolute atomic E-state index is 11.4. The van der Waals surface area contributed by atoms with E-state index in [1.165, 1.54) is 0 Å². The van der Waals surface area contributed by atoms with Gasteiger partial charge in [-0.1, -0.05) is 24.8 Å². The summed E-state index contributed by atoms with van der Waals surface area (Å²) in [6.45, 7) is 8.35. The number of fused-ring (bicyclic) bond motifs is 5. The molecule has 5 rings (SSSR count). The molecule has 2 aromatic carbocycles. The fourth-order valence-corrected chi connectivity index (χ4v) is 6.44. The van der Waals surface area contributed by atoms with Crippen molar-refractivity contribution in [3.05, 3.63) is 57.4 Å².